The number of hydrogen-bond acceptors (Lipinski definition) is 4. The van der Waals surface area contributed by atoms with Gasteiger partial charge < -0.3 is 10.2 Å². The summed E-state index contributed by atoms with van der Waals surface area (Å²) in [6.07, 6.45) is 3.06. The first kappa shape index (κ1) is 13.3. The fourth-order valence-electron chi connectivity index (χ4n) is 2.79. The summed E-state index contributed by atoms with van der Waals surface area (Å²) >= 11 is 0. The first-order valence-electron chi connectivity index (χ1n) is 6.43. The highest BCUT2D eigenvalue weighted by atomic mass is 32.2. The molecule has 17 heavy (non-hydrogen) atoms. The molecule has 100 valence electrons. The van der Waals surface area contributed by atoms with Crippen LogP contribution in [0.25, 0.3) is 0 Å². The summed E-state index contributed by atoms with van der Waals surface area (Å²) in [5, 5.41) is 3.31. The number of rotatable bonds is 5. The van der Waals surface area contributed by atoms with Crippen molar-refractivity contribution in [3.63, 3.8) is 0 Å². The van der Waals surface area contributed by atoms with Gasteiger partial charge in [-0.2, -0.15) is 8.42 Å². The molecule has 2 heterocycles. The smallest absolute Gasteiger partial charge is 0.264 e. The van der Waals surface area contributed by atoms with Gasteiger partial charge in [-0.3, -0.25) is 4.55 Å². The molecule has 0 radical (unpaired) electrons. The van der Waals surface area contributed by atoms with Crippen molar-refractivity contribution in [2.45, 2.75) is 19.3 Å². The molecule has 0 aromatic heterocycles. The van der Waals surface area contributed by atoms with Gasteiger partial charge in [0.05, 0.1) is 5.75 Å². The molecule has 2 aliphatic heterocycles. The van der Waals surface area contributed by atoms with Crippen molar-refractivity contribution < 1.29 is 13.0 Å². The zero-order valence-electron chi connectivity index (χ0n) is 10.1. The largest absolute Gasteiger partial charge is 0.316 e. The maximum Gasteiger partial charge on any atom is 0.264 e. The second-order valence-electron chi connectivity index (χ2n) is 5.26. The average Bonchev–Trinajstić information content (AvgIpc) is 2.13. The van der Waals surface area contributed by atoms with Crippen molar-refractivity contribution in [2.75, 3.05) is 38.5 Å². The minimum absolute atomic E-state index is 0.112. The van der Waals surface area contributed by atoms with E-state index in [1.807, 2.05) is 0 Å². The molecule has 0 amide bonds. The van der Waals surface area contributed by atoms with E-state index < -0.39 is 10.1 Å². The van der Waals surface area contributed by atoms with Crippen molar-refractivity contribution >= 4 is 10.1 Å². The van der Waals surface area contributed by atoms with Crippen LogP contribution in [0.3, 0.4) is 0 Å². The van der Waals surface area contributed by atoms with Crippen LogP contribution in [-0.4, -0.2) is 56.3 Å². The normalized spacial score (nSPS) is 27.9. The maximum absolute atomic E-state index is 10.6. The van der Waals surface area contributed by atoms with E-state index in [2.05, 4.69) is 10.2 Å². The monoisotopic (exact) mass is 262 g/mol. The molecule has 1 atom stereocenters. The van der Waals surface area contributed by atoms with Gasteiger partial charge in [-0.05, 0) is 57.3 Å². The molecule has 2 fully saturated rings. The van der Waals surface area contributed by atoms with Crippen LogP contribution in [0, 0.1) is 11.8 Å². The number of nitrogens with zero attached hydrogens (tertiary/aromatic N) is 1. The van der Waals surface area contributed by atoms with Crippen LogP contribution < -0.4 is 5.32 Å². The molecule has 2 rings (SSSR count). The van der Waals surface area contributed by atoms with Crippen LogP contribution in [0.5, 0.6) is 0 Å². The molecule has 0 bridgehead atoms. The fraction of sp³-hybridized carbons (Fsp3) is 1.00. The molecule has 5 nitrogen and oxygen atoms in total. The second kappa shape index (κ2) is 5.65. The molecular weight excluding hydrogens is 240 g/mol. The van der Waals surface area contributed by atoms with Gasteiger partial charge in [-0.15, -0.1) is 0 Å². The lowest BCUT2D eigenvalue weighted by atomic mass is 9.82. The molecule has 2 aliphatic rings. The van der Waals surface area contributed by atoms with Gasteiger partial charge in [0.25, 0.3) is 10.1 Å². The van der Waals surface area contributed by atoms with Crippen LogP contribution >= 0.6 is 0 Å². The van der Waals surface area contributed by atoms with Crippen molar-refractivity contribution in [3.05, 3.63) is 0 Å². The van der Waals surface area contributed by atoms with Gasteiger partial charge in [0.2, 0.25) is 0 Å². The Balaban J connectivity index is 1.70. The van der Waals surface area contributed by atoms with E-state index in [0.29, 0.717) is 6.42 Å². The first-order valence-corrected chi connectivity index (χ1v) is 8.04. The molecule has 0 aromatic carbocycles. The predicted molar refractivity (Wildman–Crippen MR) is 66.6 cm³/mol. The topological polar surface area (TPSA) is 69.6 Å². The molecular formula is C11H22N2O3S. The number of nitrogens with one attached hydrogen (secondary N) is 1. The third-order valence-electron chi connectivity index (χ3n) is 3.90. The summed E-state index contributed by atoms with van der Waals surface area (Å²) in [5.41, 5.74) is 0. The predicted octanol–water partition coefficient (Wildman–Crippen LogP) is 0.196. The first-order chi connectivity index (χ1) is 8.04. The molecule has 6 heteroatoms. The minimum atomic E-state index is -3.78. The van der Waals surface area contributed by atoms with Crippen molar-refractivity contribution in [1.82, 2.24) is 10.2 Å². The quantitative estimate of drug-likeness (QED) is 0.693. The van der Waals surface area contributed by atoms with Crippen molar-refractivity contribution in [2.24, 2.45) is 11.8 Å². The lowest BCUT2D eigenvalue weighted by molar-refractivity contribution is 0.108. The van der Waals surface area contributed by atoms with Crippen LogP contribution in [0.4, 0.5) is 0 Å². The Hall–Kier alpha value is -0.170. The van der Waals surface area contributed by atoms with Gasteiger partial charge in [0.15, 0.2) is 0 Å². The highest BCUT2D eigenvalue weighted by molar-refractivity contribution is 7.85. The number of piperidine rings is 1. The average molecular weight is 262 g/mol. The Kier molecular flexibility index (Phi) is 4.41. The molecule has 0 unspecified atom stereocenters. The standard InChI is InChI=1S/C11H22N2O3S/c14-17(15,16)6-2-5-13-4-1-3-10(9-13)11-7-12-8-11/h10-12H,1-9H2,(H,14,15,16)/t10-/m0/s1. The zero-order valence-corrected chi connectivity index (χ0v) is 11.0. The number of hydrogen-bond donors (Lipinski definition) is 2. The second-order valence-corrected chi connectivity index (χ2v) is 6.83. The summed E-state index contributed by atoms with van der Waals surface area (Å²) in [6, 6.07) is 0. The van der Waals surface area contributed by atoms with Crippen LogP contribution in [0.15, 0.2) is 0 Å². The van der Waals surface area contributed by atoms with Crippen LogP contribution in [-0.2, 0) is 10.1 Å². The molecule has 2 saturated heterocycles. The van der Waals surface area contributed by atoms with E-state index in [4.69, 9.17) is 4.55 Å². The van der Waals surface area contributed by atoms with E-state index in [9.17, 15) is 8.42 Å². The minimum Gasteiger partial charge on any atom is -0.316 e. The van der Waals surface area contributed by atoms with Gasteiger partial charge in [0.1, 0.15) is 0 Å². The van der Waals surface area contributed by atoms with Gasteiger partial charge in [-0.25, -0.2) is 0 Å². The Morgan fingerprint density at radius 2 is 2.06 bits per heavy atom. The lowest BCUT2D eigenvalue weighted by Gasteiger charge is -2.41. The maximum atomic E-state index is 10.6. The van der Waals surface area contributed by atoms with Crippen molar-refractivity contribution in [3.8, 4) is 0 Å². The molecule has 0 aromatic rings. The summed E-state index contributed by atoms with van der Waals surface area (Å²) in [7, 11) is -3.78. The molecule has 0 aliphatic carbocycles. The van der Waals surface area contributed by atoms with E-state index in [1.54, 1.807) is 0 Å². The van der Waals surface area contributed by atoms with E-state index in [1.165, 1.54) is 12.8 Å². The molecule has 0 spiro atoms. The van der Waals surface area contributed by atoms with Gasteiger partial charge in [-0.1, -0.05) is 0 Å². The number of likely N-dealkylation sites (tertiary alicyclic amines) is 1. The summed E-state index contributed by atoms with van der Waals surface area (Å²) in [6.45, 7) is 5.24. The summed E-state index contributed by atoms with van der Waals surface area (Å²) in [4.78, 5) is 2.34. The Morgan fingerprint density at radius 1 is 1.29 bits per heavy atom. The molecule has 2 N–H and O–H groups in total. The highest BCUT2D eigenvalue weighted by Gasteiger charge is 2.30. The fourth-order valence-corrected chi connectivity index (χ4v) is 3.29. The van der Waals surface area contributed by atoms with Crippen molar-refractivity contribution in [1.29, 1.82) is 0 Å². The third-order valence-corrected chi connectivity index (χ3v) is 4.70. The van der Waals surface area contributed by atoms with Crippen LogP contribution in [0.2, 0.25) is 0 Å². The highest BCUT2D eigenvalue weighted by Crippen LogP contribution is 2.26. The SMILES string of the molecule is O=S(=O)(O)CCCN1CCC[C@H](C2CNC2)C1. The zero-order chi connectivity index (χ0) is 12.3. The van der Waals surface area contributed by atoms with Gasteiger partial charge in [0, 0.05) is 6.54 Å². The van der Waals surface area contributed by atoms with E-state index >= 15 is 0 Å². The Morgan fingerprint density at radius 3 is 2.65 bits per heavy atom. The third kappa shape index (κ3) is 4.21. The lowest BCUT2D eigenvalue weighted by Crippen LogP contribution is -2.51. The summed E-state index contributed by atoms with van der Waals surface area (Å²) in [5.74, 6) is 1.48. The molecule has 0 saturated carbocycles. The van der Waals surface area contributed by atoms with E-state index in [-0.39, 0.29) is 5.75 Å². The Labute approximate surface area is 103 Å². The van der Waals surface area contributed by atoms with Gasteiger partial charge >= 0.3 is 0 Å². The van der Waals surface area contributed by atoms with Crippen LogP contribution in [0.1, 0.15) is 19.3 Å². The summed E-state index contributed by atoms with van der Waals surface area (Å²) < 4.78 is 29.9. The Bertz CT molecular complexity index is 341. The van der Waals surface area contributed by atoms with E-state index in [0.717, 1.165) is 44.6 Å².